The van der Waals surface area contributed by atoms with Gasteiger partial charge in [-0.1, -0.05) is 19.1 Å². The van der Waals surface area contributed by atoms with E-state index in [1.807, 2.05) is 12.1 Å². The van der Waals surface area contributed by atoms with Gasteiger partial charge in [-0.25, -0.2) is 0 Å². The Bertz CT molecular complexity index is 377. The molecule has 0 unspecified atom stereocenters. The number of nitrogens with zero attached hydrogens (tertiary/aromatic N) is 2. The molecule has 1 aromatic rings. The normalized spacial score (nSPS) is 12.4. The molecule has 1 rings (SSSR count). The van der Waals surface area contributed by atoms with E-state index in [-0.39, 0.29) is 5.54 Å². The molecule has 0 atom stereocenters. The van der Waals surface area contributed by atoms with Crippen molar-refractivity contribution >= 4 is 0 Å². The number of likely N-dealkylation sites (N-methyl/N-ethyl adjacent to an activating group) is 2. The summed E-state index contributed by atoms with van der Waals surface area (Å²) < 4.78 is 0. The van der Waals surface area contributed by atoms with E-state index in [1.165, 1.54) is 0 Å². The lowest BCUT2D eigenvalue weighted by atomic mass is 9.92. The molecule has 0 saturated carbocycles. The van der Waals surface area contributed by atoms with Gasteiger partial charge in [0.05, 0.1) is 0 Å². The van der Waals surface area contributed by atoms with Crippen molar-refractivity contribution in [3.05, 3.63) is 29.8 Å². The maximum absolute atomic E-state index is 9.59. The van der Waals surface area contributed by atoms with E-state index in [4.69, 9.17) is 0 Å². The fraction of sp³-hybridized carbons (Fsp3) is 0.600. The third kappa shape index (κ3) is 3.72. The summed E-state index contributed by atoms with van der Waals surface area (Å²) in [4.78, 5) is 4.63. The molecule has 1 N–H and O–H groups in total. The van der Waals surface area contributed by atoms with Crippen molar-refractivity contribution in [3.8, 4) is 5.75 Å². The molecule has 0 heterocycles. The number of phenols is 1. The second kappa shape index (κ2) is 6.21. The van der Waals surface area contributed by atoms with Crippen LogP contribution >= 0.6 is 0 Å². The topological polar surface area (TPSA) is 26.7 Å². The monoisotopic (exact) mass is 250 g/mol. The van der Waals surface area contributed by atoms with Gasteiger partial charge in [0.15, 0.2) is 0 Å². The van der Waals surface area contributed by atoms with E-state index in [1.54, 1.807) is 6.07 Å². The summed E-state index contributed by atoms with van der Waals surface area (Å²) >= 11 is 0. The molecule has 0 bridgehead atoms. The van der Waals surface area contributed by atoms with Gasteiger partial charge in [0.25, 0.3) is 0 Å². The molecule has 0 aromatic heterocycles. The zero-order chi connectivity index (χ0) is 13.8. The Balaban J connectivity index is 2.73. The van der Waals surface area contributed by atoms with Crippen molar-refractivity contribution < 1.29 is 5.11 Å². The average molecular weight is 250 g/mol. The number of hydrogen-bond donors (Lipinski definition) is 1. The highest BCUT2D eigenvalue weighted by Crippen LogP contribution is 2.28. The minimum Gasteiger partial charge on any atom is -0.508 e. The van der Waals surface area contributed by atoms with E-state index in [0.29, 0.717) is 5.75 Å². The summed E-state index contributed by atoms with van der Waals surface area (Å²) in [5, 5.41) is 9.59. The molecule has 3 heteroatoms. The van der Waals surface area contributed by atoms with Gasteiger partial charge in [0.1, 0.15) is 5.75 Å². The van der Waals surface area contributed by atoms with Crippen molar-refractivity contribution in [2.24, 2.45) is 0 Å². The summed E-state index contributed by atoms with van der Waals surface area (Å²) in [5.74, 6) is 0.333. The minimum absolute atomic E-state index is 0.0761. The lowest BCUT2D eigenvalue weighted by molar-refractivity contribution is 0.139. The lowest BCUT2D eigenvalue weighted by Gasteiger charge is -2.37. The molecule has 0 fully saturated rings. The van der Waals surface area contributed by atoms with Crippen molar-refractivity contribution in [3.63, 3.8) is 0 Å². The Morgan fingerprint density at radius 1 is 1.17 bits per heavy atom. The first-order valence-corrected chi connectivity index (χ1v) is 6.57. The summed E-state index contributed by atoms with van der Waals surface area (Å²) in [7, 11) is 4.27. The van der Waals surface area contributed by atoms with Crippen molar-refractivity contribution in [2.45, 2.75) is 26.3 Å². The van der Waals surface area contributed by atoms with Gasteiger partial charge in [0.2, 0.25) is 0 Å². The van der Waals surface area contributed by atoms with E-state index < -0.39 is 0 Å². The third-order valence-electron chi connectivity index (χ3n) is 3.86. The fourth-order valence-electron chi connectivity index (χ4n) is 1.87. The Morgan fingerprint density at radius 3 is 2.39 bits per heavy atom. The molecule has 102 valence electrons. The third-order valence-corrected chi connectivity index (χ3v) is 3.86. The predicted octanol–water partition coefficient (Wildman–Crippen LogP) is 2.51. The van der Waals surface area contributed by atoms with Crippen molar-refractivity contribution in [1.82, 2.24) is 9.80 Å². The van der Waals surface area contributed by atoms with Crippen LogP contribution in [0.5, 0.6) is 5.75 Å². The van der Waals surface area contributed by atoms with Gasteiger partial charge in [-0.15, -0.1) is 0 Å². The predicted molar refractivity (Wildman–Crippen MR) is 76.9 cm³/mol. The zero-order valence-electron chi connectivity index (χ0n) is 12.3. The molecule has 0 saturated heterocycles. The van der Waals surface area contributed by atoms with E-state index in [9.17, 15) is 5.11 Å². The Hall–Kier alpha value is -1.06. The number of aromatic hydroxyl groups is 1. The number of benzene rings is 1. The van der Waals surface area contributed by atoms with Gasteiger partial charge in [0, 0.05) is 18.6 Å². The molecule has 0 radical (unpaired) electrons. The van der Waals surface area contributed by atoms with Gasteiger partial charge in [-0.3, -0.25) is 4.90 Å². The molecule has 0 aliphatic rings. The first kappa shape index (κ1) is 15.0. The van der Waals surface area contributed by atoms with Crippen LogP contribution in [0.3, 0.4) is 0 Å². The average Bonchev–Trinajstić information content (AvgIpc) is 2.35. The molecule has 0 aliphatic carbocycles. The molecular weight excluding hydrogens is 224 g/mol. The maximum atomic E-state index is 9.59. The van der Waals surface area contributed by atoms with E-state index in [2.05, 4.69) is 50.7 Å². The smallest absolute Gasteiger partial charge is 0.115 e. The molecule has 0 amide bonds. The van der Waals surface area contributed by atoms with Crippen molar-refractivity contribution in [2.75, 3.05) is 33.7 Å². The van der Waals surface area contributed by atoms with Gasteiger partial charge in [-0.05, 0) is 52.2 Å². The van der Waals surface area contributed by atoms with Gasteiger partial charge in [-0.2, -0.15) is 0 Å². The summed E-state index contributed by atoms with van der Waals surface area (Å²) in [6.45, 7) is 9.67. The fourth-order valence-corrected chi connectivity index (χ4v) is 1.87. The second-order valence-electron chi connectivity index (χ2n) is 5.43. The quantitative estimate of drug-likeness (QED) is 0.840. The van der Waals surface area contributed by atoms with Crippen LogP contribution in [0, 0.1) is 0 Å². The highest BCUT2D eigenvalue weighted by Gasteiger charge is 2.25. The Labute approximate surface area is 111 Å². The van der Waals surface area contributed by atoms with Crippen LogP contribution in [-0.2, 0) is 5.54 Å². The lowest BCUT2D eigenvalue weighted by Crippen LogP contribution is -2.42. The molecule has 1 aromatic carbocycles. The first-order valence-electron chi connectivity index (χ1n) is 6.57. The molecular formula is C15H26N2O. The highest BCUT2D eigenvalue weighted by atomic mass is 16.3. The van der Waals surface area contributed by atoms with E-state index in [0.717, 1.165) is 25.2 Å². The van der Waals surface area contributed by atoms with Crippen LogP contribution in [-0.4, -0.2) is 48.6 Å². The van der Waals surface area contributed by atoms with Crippen LogP contribution in [0.2, 0.25) is 0 Å². The molecule has 18 heavy (non-hydrogen) atoms. The van der Waals surface area contributed by atoms with Gasteiger partial charge < -0.3 is 10.0 Å². The maximum Gasteiger partial charge on any atom is 0.115 e. The second-order valence-corrected chi connectivity index (χ2v) is 5.43. The standard InChI is InChI=1S/C15H26N2O/c1-6-16(4)10-11-17(5)15(2,3)13-8-7-9-14(18)12-13/h7-9,12,18H,6,10-11H2,1-5H3. The van der Waals surface area contributed by atoms with Crippen LogP contribution in [0.25, 0.3) is 0 Å². The Morgan fingerprint density at radius 2 is 1.83 bits per heavy atom. The SMILES string of the molecule is CCN(C)CCN(C)C(C)(C)c1cccc(O)c1. The van der Waals surface area contributed by atoms with Crippen LogP contribution < -0.4 is 0 Å². The molecule has 0 spiro atoms. The number of hydrogen-bond acceptors (Lipinski definition) is 3. The highest BCUT2D eigenvalue weighted by molar-refractivity contribution is 5.31. The minimum atomic E-state index is -0.0761. The number of rotatable bonds is 6. The van der Waals surface area contributed by atoms with Gasteiger partial charge >= 0.3 is 0 Å². The van der Waals surface area contributed by atoms with Crippen LogP contribution in [0.4, 0.5) is 0 Å². The van der Waals surface area contributed by atoms with E-state index >= 15 is 0 Å². The molecule has 3 nitrogen and oxygen atoms in total. The summed E-state index contributed by atoms with van der Waals surface area (Å²) in [6.07, 6.45) is 0. The largest absolute Gasteiger partial charge is 0.508 e. The number of phenolic OH excluding ortho intramolecular Hbond substituents is 1. The zero-order valence-corrected chi connectivity index (χ0v) is 12.3. The van der Waals surface area contributed by atoms with Crippen LogP contribution in [0.1, 0.15) is 26.3 Å². The Kier molecular flexibility index (Phi) is 5.17. The summed E-state index contributed by atoms with van der Waals surface area (Å²) in [6, 6.07) is 7.53. The molecule has 0 aliphatic heterocycles. The first-order chi connectivity index (χ1) is 8.37. The van der Waals surface area contributed by atoms with Crippen LogP contribution in [0.15, 0.2) is 24.3 Å². The van der Waals surface area contributed by atoms with Crippen molar-refractivity contribution in [1.29, 1.82) is 0 Å². The summed E-state index contributed by atoms with van der Waals surface area (Å²) in [5.41, 5.74) is 1.07.